The molecule has 222 valence electrons. The summed E-state index contributed by atoms with van der Waals surface area (Å²) in [6.45, 7) is 5.19. The summed E-state index contributed by atoms with van der Waals surface area (Å²) in [5, 5.41) is 11.9. The average Bonchev–Trinajstić information content (AvgIpc) is 3.51. The third-order valence-electron chi connectivity index (χ3n) is 9.62. The van der Waals surface area contributed by atoms with Gasteiger partial charge in [-0.1, -0.05) is 25.8 Å². The Labute approximate surface area is 244 Å². The van der Waals surface area contributed by atoms with Crippen molar-refractivity contribution in [2.45, 2.75) is 76.5 Å². The minimum absolute atomic E-state index is 0.000806. The predicted molar refractivity (Wildman–Crippen MR) is 157 cm³/mol. The monoisotopic (exact) mass is 577 g/mol. The molecule has 1 aromatic heterocycles. The van der Waals surface area contributed by atoms with Gasteiger partial charge in [-0.05, 0) is 61.7 Å². The number of fused-ring (bicyclic) bond motifs is 3. The third kappa shape index (κ3) is 4.55. The first kappa shape index (κ1) is 27.3. The molecule has 8 nitrogen and oxygen atoms in total. The van der Waals surface area contributed by atoms with E-state index in [0.717, 1.165) is 58.2 Å². The minimum Gasteiger partial charge on any atom is -0.508 e. The van der Waals surface area contributed by atoms with Gasteiger partial charge in [0.05, 0.1) is 23.5 Å². The molecule has 42 heavy (non-hydrogen) atoms. The molecular formula is C32H37F2N5O3. The smallest absolute Gasteiger partial charge is 0.318 e. The maximum Gasteiger partial charge on any atom is 0.318 e. The molecule has 5 heterocycles. The van der Waals surface area contributed by atoms with Gasteiger partial charge in [-0.15, -0.1) is 0 Å². The van der Waals surface area contributed by atoms with Crippen molar-refractivity contribution in [2.24, 2.45) is 0 Å². The highest BCUT2D eigenvalue weighted by atomic mass is 19.1. The van der Waals surface area contributed by atoms with Crippen LogP contribution in [0.25, 0.3) is 10.8 Å². The summed E-state index contributed by atoms with van der Waals surface area (Å²) in [4.78, 5) is 29.7. The number of halogens is 2. The molecule has 1 amide bonds. The lowest BCUT2D eigenvalue weighted by molar-refractivity contribution is 0.0996. The molecule has 2 atom stereocenters. The second kappa shape index (κ2) is 10.6. The summed E-state index contributed by atoms with van der Waals surface area (Å²) in [6.07, 6.45) is 6.16. The Kier molecular flexibility index (Phi) is 6.91. The molecule has 0 unspecified atom stereocenters. The molecule has 7 rings (SSSR count). The van der Waals surface area contributed by atoms with Crippen LogP contribution in [0.5, 0.6) is 11.8 Å². The molecule has 0 aliphatic carbocycles. The van der Waals surface area contributed by atoms with Crippen molar-refractivity contribution in [3.8, 4) is 11.8 Å². The molecule has 4 aliphatic rings. The van der Waals surface area contributed by atoms with E-state index in [1.54, 1.807) is 17.0 Å². The van der Waals surface area contributed by atoms with Gasteiger partial charge in [-0.25, -0.2) is 8.78 Å². The SMILES string of the molecule is CCc1c(F)ccc2cc(O)cc(N3Cc4nc(OC[C@@]56CCCN5C[C@H](F)C6)nc(N5CCCCCC5)c4C3=O)c12. The number of phenols is 1. The fraction of sp³-hybridized carbons (Fsp3) is 0.531. The maximum absolute atomic E-state index is 14.9. The van der Waals surface area contributed by atoms with Crippen LogP contribution in [0.4, 0.5) is 20.3 Å². The molecule has 0 saturated carbocycles. The van der Waals surface area contributed by atoms with Gasteiger partial charge in [-0.3, -0.25) is 9.69 Å². The molecule has 2 aromatic carbocycles. The zero-order valence-corrected chi connectivity index (χ0v) is 24.0. The van der Waals surface area contributed by atoms with E-state index in [9.17, 15) is 18.7 Å². The molecule has 3 fully saturated rings. The van der Waals surface area contributed by atoms with Gasteiger partial charge < -0.3 is 19.6 Å². The Bertz CT molecular complexity index is 1540. The Morgan fingerprint density at radius 3 is 2.69 bits per heavy atom. The van der Waals surface area contributed by atoms with E-state index in [0.29, 0.717) is 65.1 Å². The summed E-state index contributed by atoms with van der Waals surface area (Å²) in [5.41, 5.74) is 1.59. The third-order valence-corrected chi connectivity index (χ3v) is 9.62. The van der Waals surface area contributed by atoms with Crippen molar-refractivity contribution >= 4 is 28.2 Å². The molecule has 0 spiro atoms. The second-order valence-electron chi connectivity index (χ2n) is 12.3. The fourth-order valence-corrected chi connectivity index (χ4v) is 7.61. The topological polar surface area (TPSA) is 82.0 Å². The molecule has 3 aromatic rings. The number of amides is 1. The Morgan fingerprint density at radius 1 is 1.10 bits per heavy atom. The number of carbonyl (C=O) groups is 1. The van der Waals surface area contributed by atoms with Crippen molar-refractivity contribution in [1.82, 2.24) is 14.9 Å². The van der Waals surface area contributed by atoms with Crippen LogP contribution in [0.2, 0.25) is 0 Å². The summed E-state index contributed by atoms with van der Waals surface area (Å²) in [6, 6.07) is 6.36. The largest absolute Gasteiger partial charge is 0.508 e. The van der Waals surface area contributed by atoms with Gasteiger partial charge in [0.1, 0.15) is 35.7 Å². The number of benzene rings is 2. The Hall–Kier alpha value is -3.53. The van der Waals surface area contributed by atoms with Crippen molar-refractivity contribution < 1.29 is 23.4 Å². The van der Waals surface area contributed by atoms with E-state index >= 15 is 0 Å². The van der Waals surface area contributed by atoms with Crippen LogP contribution in [0.1, 0.15) is 73.5 Å². The summed E-state index contributed by atoms with van der Waals surface area (Å²) in [5.74, 6) is -0.0533. The number of hydrogen-bond donors (Lipinski definition) is 1. The van der Waals surface area contributed by atoms with Crippen molar-refractivity contribution in [3.63, 3.8) is 0 Å². The number of phenolic OH excluding ortho intramolecular Hbond substituents is 1. The first-order chi connectivity index (χ1) is 20.4. The van der Waals surface area contributed by atoms with Crippen molar-refractivity contribution in [1.29, 1.82) is 0 Å². The van der Waals surface area contributed by atoms with Crippen molar-refractivity contribution in [3.05, 3.63) is 46.9 Å². The number of aromatic hydroxyl groups is 1. The molecule has 0 bridgehead atoms. The minimum atomic E-state index is -0.858. The van der Waals surface area contributed by atoms with Crippen molar-refractivity contribution in [2.75, 3.05) is 42.6 Å². The van der Waals surface area contributed by atoms with Crippen LogP contribution in [-0.2, 0) is 13.0 Å². The molecule has 1 N–H and O–H groups in total. The van der Waals surface area contributed by atoms with E-state index in [1.807, 2.05) is 6.92 Å². The van der Waals surface area contributed by atoms with Gasteiger partial charge in [0.15, 0.2) is 0 Å². The van der Waals surface area contributed by atoms with E-state index in [-0.39, 0.29) is 35.6 Å². The zero-order chi connectivity index (χ0) is 29.0. The number of nitrogens with zero attached hydrogens (tertiary/aromatic N) is 5. The quantitative estimate of drug-likeness (QED) is 0.413. The number of aromatic nitrogens is 2. The van der Waals surface area contributed by atoms with Gasteiger partial charge in [0.2, 0.25) is 0 Å². The summed E-state index contributed by atoms with van der Waals surface area (Å²) >= 11 is 0. The highest BCUT2D eigenvalue weighted by Gasteiger charge is 2.49. The first-order valence-corrected chi connectivity index (χ1v) is 15.3. The lowest BCUT2D eigenvalue weighted by Gasteiger charge is -2.31. The average molecular weight is 578 g/mol. The number of alkyl halides is 1. The molecular weight excluding hydrogens is 540 g/mol. The number of hydrogen-bond acceptors (Lipinski definition) is 7. The van der Waals surface area contributed by atoms with Crippen LogP contribution >= 0.6 is 0 Å². The lowest BCUT2D eigenvalue weighted by Crippen LogP contribution is -2.43. The summed E-state index contributed by atoms with van der Waals surface area (Å²) < 4.78 is 35.6. The van der Waals surface area contributed by atoms with Crippen LogP contribution in [-0.4, -0.2) is 70.4 Å². The lowest BCUT2D eigenvalue weighted by atomic mass is 9.95. The van der Waals surface area contributed by atoms with E-state index in [2.05, 4.69) is 9.80 Å². The molecule has 3 saturated heterocycles. The fourth-order valence-electron chi connectivity index (χ4n) is 7.61. The van der Waals surface area contributed by atoms with E-state index in [1.165, 1.54) is 12.1 Å². The number of anilines is 2. The highest BCUT2D eigenvalue weighted by molar-refractivity contribution is 6.16. The number of rotatable bonds is 6. The summed E-state index contributed by atoms with van der Waals surface area (Å²) in [7, 11) is 0. The van der Waals surface area contributed by atoms with Gasteiger partial charge >= 0.3 is 6.01 Å². The zero-order valence-electron chi connectivity index (χ0n) is 24.0. The van der Waals surface area contributed by atoms with Crippen LogP contribution < -0.4 is 14.5 Å². The van der Waals surface area contributed by atoms with Gasteiger partial charge in [-0.2, -0.15) is 9.97 Å². The Morgan fingerprint density at radius 2 is 1.90 bits per heavy atom. The number of aryl methyl sites for hydroxylation is 1. The number of ether oxygens (including phenoxy) is 1. The number of carbonyl (C=O) groups excluding carboxylic acids is 1. The van der Waals surface area contributed by atoms with E-state index in [4.69, 9.17) is 14.7 Å². The normalized spacial score (nSPS) is 24.4. The Balaban J connectivity index is 1.29. The molecule has 4 aliphatic heterocycles. The second-order valence-corrected chi connectivity index (χ2v) is 12.3. The van der Waals surface area contributed by atoms with Crippen LogP contribution in [0, 0.1) is 5.82 Å². The van der Waals surface area contributed by atoms with Crippen LogP contribution in [0.15, 0.2) is 24.3 Å². The molecule has 10 heteroatoms. The van der Waals surface area contributed by atoms with Gasteiger partial charge in [0.25, 0.3) is 5.91 Å². The van der Waals surface area contributed by atoms with E-state index < -0.39 is 6.17 Å². The predicted octanol–water partition coefficient (Wildman–Crippen LogP) is 5.53. The highest BCUT2D eigenvalue weighted by Crippen LogP contribution is 2.43. The first-order valence-electron chi connectivity index (χ1n) is 15.3. The van der Waals surface area contributed by atoms with Crippen LogP contribution in [0.3, 0.4) is 0 Å². The maximum atomic E-state index is 14.9. The van der Waals surface area contributed by atoms with Gasteiger partial charge in [0, 0.05) is 37.5 Å². The standard InChI is InChI=1S/C32H37F2N5O3/c1-2-23-24(34)9-8-20-14-22(40)15-26(27(20)23)39-18-25-28(30(39)41)29(37-11-5-3-4-6-12-37)36-31(35-25)42-19-32-10-7-13-38(32)17-21(33)16-32/h8-9,14-15,21,40H,2-7,10-13,16-19H2,1H3/t21-,32+/m1/s1. The molecule has 0 radical (unpaired) electrons.